The fourth-order valence-corrected chi connectivity index (χ4v) is 1.63. The van der Waals surface area contributed by atoms with E-state index in [0.29, 0.717) is 18.2 Å². The molecule has 4 nitrogen and oxygen atoms in total. The summed E-state index contributed by atoms with van der Waals surface area (Å²) < 4.78 is 0. The fourth-order valence-electron chi connectivity index (χ4n) is 1.63. The zero-order valence-electron chi connectivity index (χ0n) is 10.6. The summed E-state index contributed by atoms with van der Waals surface area (Å²) in [6.45, 7) is 5.77. The van der Waals surface area contributed by atoms with Crippen LogP contribution in [-0.2, 0) is 0 Å². The monoisotopic (exact) mass is 235 g/mol. The van der Waals surface area contributed by atoms with Crippen LogP contribution in [-0.4, -0.2) is 30.0 Å². The standard InChI is InChI=1S/C13H21N3O/c1-3-12(4-2)15-8-9-16-13(17)11-6-5-7-14-10-11/h5-7,10,12,15H,3-4,8-9H2,1-2H3,(H,16,17). The highest BCUT2D eigenvalue weighted by molar-refractivity contribution is 5.93. The Hall–Kier alpha value is -1.42. The van der Waals surface area contributed by atoms with Crippen molar-refractivity contribution in [2.75, 3.05) is 13.1 Å². The summed E-state index contributed by atoms with van der Waals surface area (Å²) >= 11 is 0. The van der Waals surface area contributed by atoms with Gasteiger partial charge in [0.15, 0.2) is 0 Å². The normalized spacial score (nSPS) is 10.5. The van der Waals surface area contributed by atoms with Crippen LogP contribution in [0.15, 0.2) is 24.5 Å². The second-order valence-electron chi connectivity index (χ2n) is 3.97. The van der Waals surface area contributed by atoms with Gasteiger partial charge in [0.25, 0.3) is 5.91 Å². The molecule has 0 saturated heterocycles. The molecule has 1 heterocycles. The molecule has 94 valence electrons. The number of hydrogen-bond acceptors (Lipinski definition) is 3. The van der Waals surface area contributed by atoms with E-state index < -0.39 is 0 Å². The summed E-state index contributed by atoms with van der Waals surface area (Å²) in [6, 6.07) is 4.07. The third kappa shape index (κ3) is 4.95. The Kier molecular flexibility index (Phi) is 6.25. The zero-order chi connectivity index (χ0) is 12.5. The van der Waals surface area contributed by atoms with Crippen molar-refractivity contribution in [3.8, 4) is 0 Å². The summed E-state index contributed by atoms with van der Waals surface area (Å²) in [7, 11) is 0. The Morgan fingerprint density at radius 2 is 2.12 bits per heavy atom. The first-order valence-corrected chi connectivity index (χ1v) is 6.19. The lowest BCUT2D eigenvalue weighted by molar-refractivity contribution is 0.0953. The maximum atomic E-state index is 11.6. The van der Waals surface area contributed by atoms with E-state index in [1.54, 1.807) is 24.5 Å². The van der Waals surface area contributed by atoms with Gasteiger partial charge in [0.1, 0.15) is 0 Å². The van der Waals surface area contributed by atoms with Crippen LogP contribution in [0.25, 0.3) is 0 Å². The van der Waals surface area contributed by atoms with Crippen molar-refractivity contribution in [2.24, 2.45) is 0 Å². The van der Waals surface area contributed by atoms with Crippen LogP contribution < -0.4 is 10.6 Å². The second kappa shape index (κ2) is 7.79. The van der Waals surface area contributed by atoms with Crippen LogP contribution in [0, 0.1) is 0 Å². The minimum atomic E-state index is -0.0653. The van der Waals surface area contributed by atoms with Crippen LogP contribution in [0.2, 0.25) is 0 Å². The van der Waals surface area contributed by atoms with Gasteiger partial charge in [-0.2, -0.15) is 0 Å². The van der Waals surface area contributed by atoms with E-state index in [-0.39, 0.29) is 5.91 Å². The van der Waals surface area contributed by atoms with Gasteiger partial charge in [-0.25, -0.2) is 0 Å². The molecule has 0 atom stereocenters. The quantitative estimate of drug-likeness (QED) is 0.706. The topological polar surface area (TPSA) is 54.0 Å². The van der Waals surface area contributed by atoms with Gasteiger partial charge in [0, 0.05) is 31.5 Å². The Morgan fingerprint density at radius 1 is 1.35 bits per heavy atom. The highest BCUT2D eigenvalue weighted by Gasteiger charge is 2.04. The first-order chi connectivity index (χ1) is 8.27. The first kappa shape index (κ1) is 13.6. The van der Waals surface area contributed by atoms with E-state index >= 15 is 0 Å². The van der Waals surface area contributed by atoms with Crippen LogP contribution in [0.1, 0.15) is 37.0 Å². The summed E-state index contributed by atoms with van der Waals surface area (Å²) in [5.74, 6) is -0.0653. The molecule has 0 unspecified atom stereocenters. The van der Waals surface area contributed by atoms with Gasteiger partial charge in [-0.3, -0.25) is 9.78 Å². The van der Waals surface area contributed by atoms with Crippen molar-refractivity contribution in [1.82, 2.24) is 15.6 Å². The molecule has 0 aliphatic carbocycles. The minimum absolute atomic E-state index is 0.0653. The van der Waals surface area contributed by atoms with Crippen molar-refractivity contribution in [2.45, 2.75) is 32.7 Å². The number of carbonyl (C=O) groups excluding carboxylic acids is 1. The van der Waals surface area contributed by atoms with E-state index in [4.69, 9.17) is 0 Å². The average molecular weight is 235 g/mol. The lowest BCUT2D eigenvalue weighted by Crippen LogP contribution is -2.36. The molecule has 0 fully saturated rings. The van der Waals surface area contributed by atoms with E-state index in [1.165, 1.54) is 0 Å². The lowest BCUT2D eigenvalue weighted by atomic mass is 10.2. The number of amides is 1. The minimum Gasteiger partial charge on any atom is -0.351 e. The number of aromatic nitrogens is 1. The molecule has 0 saturated carbocycles. The van der Waals surface area contributed by atoms with E-state index in [2.05, 4.69) is 29.5 Å². The Morgan fingerprint density at radius 3 is 2.71 bits per heavy atom. The van der Waals surface area contributed by atoms with Gasteiger partial charge in [0.05, 0.1) is 5.56 Å². The summed E-state index contributed by atoms with van der Waals surface area (Å²) in [5, 5.41) is 6.26. The molecule has 0 radical (unpaired) electrons. The molecule has 4 heteroatoms. The molecule has 1 rings (SSSR count). The van der Waals surface area contributed by atoms with Crippen molar-refractivity contribution >= 4 is 5.91 Å². The summed E-state index contributed by atoms with van der Waals surface area (Å²) in [5.41, 5.74) is 0.607. The van der Waals surface area contributed by atoms with Gasteiger partial charge < -0.3 is 10.6 Å². The van der Waals surface area contributed by atoms with Crippen LogP contribution in [0.5, 0.6) is 0 Å². The molecule has 0 spiro atoms. The maximum Gasteiger partial charge on any atom is 0.252 e. The summed E-state index contributed by atoms with van der Waals surface area (Å²) in [6.07, 6.45) is 5.47. The zero-order valence-corrected chi connectivity index (χ0v) is 10.6. The van der Waals surface area contributed by atoms with Crippen molar-refractivity contribution in [3.63, 3.8) is 0 Å². The van der Waals surface area contributed by atoms with Crippen molar-refractivity contribution < 1.29 is 4.79 Å². The molecular formula is C13H21N3O. The highest BCUT2D eigenvalue weighted by atomic mass is 16.1. The van der Waals surface area contributed by atoms with Gasteiger partial charge >= 0.3 is 0 Å². The van der Waals surface area contributed by atoms with Crippen molar-refractivity contribution in [1.29, 1.82) is 0 Å². The third-order valence-corrected chi connectivity index (χ3v) is 2.75. The lowest BCUT2D eigenvalue weighted by Gasteiger charge is -2.14. The molecule has 1 aromatic rings. The van der Waals surface area contributed by atoms with E-state index in [0.717, 1.165) is 19.4 Å². The number of hydrogen-bond donors (Lipinski definition) is 2. The van der Waals surface area contributed by atoms with E-state index in [1.807, 2.05) is 0 Å². The molecule has 0 aliphatic heterocycles. The van der Waals surface area contributed by atoms with Gasteiger partial charge in [-0.1, -0.05) is 13.8 Å². The van der Waals surface area contributed by atoms with Crippen molar-refractivity contribution in [3.05, 3.63) is 30.1 Å². The first-order valence-electron chi connectivity index (χ1n) is 6.19. The fraction of sp³-hybridized carbons (Fsp3) is 0.538. The number of nitrogens with zero attached hydrogens (tertiary/aromatic N) is 1. The van der Waals surface area contributed by atoms with Gasteiger partial charge in [-0.05, 0) is 25.0 Å². The second-order valence-corrected chi connectivity index (χ2v) is 3.97. The number of rotatable bonds is 7. The number of nitrogens with one attached hydrogen (secondary N) is 2. The van der Waals surface area contributed by atoms with Crippen LogP contribution in [0.4, 0.5) is 0 Å². The molecule has 0 aliphatic rings. The Labute approximate surface area is 103 Å². The number of carbonyl (C=O) groups is 1. The molecule has 0 bridgehead atoms. The maximum absolute atomic E-state index is 11.6. The molecule has 0 aromatic carbocycles. The average Bonchev–Trinajstić information content (AvgIpc) is 2.40. The van der Waals surface area contributed by atoms with Gasteiger partial charge in [-0.15, -0.1) is 0 Å². The largest absolute Gasteiger partial charge is 0.351 e. The predicted octanol–water partition coefficient (Wildman–Crippen LogP) is 1.59. The smallest absolute Gasteiger partial charge is 0.252 e. The summed E-state index contributed by atoms with van der Waals surface area (Å²) in [4.78, 5) is 15.6. The van der Waals surface area contributed by atoms with Crippen LogP contribution >= 0.6 is 0 Å². The molecule has 2 N–H and O–H groups in total. The Bertz CT molecular complexity index is 323. The van der Waals surface area contributed by atoms with Crippen LogP contribution in [0.3, 0.4) is 0 Å². The molecule has 17 heavy (non-hydrogen) atoms. The predicted molar refractivity (Wildman–Crippen MR) is 68.9 cm³/mol. The molecular weight excluding hydrogens is 214 g/mol. The SMILES string of the molecule is CCC(CC)NCCNC(=O)c1cccnc1. The highest BCUT2D eigenvalue weighted by Crippen LogP contribution is 1.95. The van der Waals surface area contributed by atoms with E-state index in [9.17, 15) is 4.79 Å². The molecule has 1 amide bonds. The molecule has 1 aromatic heterocycles. The third-order valence-electron chi connectivity index (χ3n) is 2.75. The number of pyridine rings is 1. The Balaban J connectivity index is 2.21. The van der Waals surface area contributed by atoms with Gasteiger partial charge in [0.2, 0.25) is 0 Å².